The molecule has 0 aromatic rings. The van der Waals surface area contributed by atoms with E-state index in [1.54, 1.807) is 0 Å². The third-order valence-electron chi connectivity index (χ3n) is 6.44. The van der Waals surface area contributed by atoms with Crippen LogP contribution in [-0.4, -0.2) is 42.5 Å². The molecule has 3 unspecified atom stereocenters. The molecule has 0 spiro atoms. The second kappa shape index (κ2) is 3.76. The maximum absolute atomic E-state index is 9.65. The maximum atomic E-state index is 9.65. The van der Waals surface area contributed by atoms with Gasteiger partial charge < -0.3 is 19.7 Å². The van der Waals surface area contributed by atoms with Crippen molar-refractivity contribution < 1.29 is 14.4 Å². The molecule has 3 aliphatic carbocycles. The molecule has 4 nitrogen and oxygen atoms in total. The first kappa shape index (κ1) is 12.6. The number of aliphatic hydroxyl groups is 1. The van der Waals surface area contributed by atoms with Crippen molar-refractivity contribution in [1.29, 1.82) is 0 Å². The highest BCUT2D eigenvalue weighted by molar-refractivity contribution is 6.47. The minimum absolute atomic E-state index is 0.127. The van der Waals surface area contributed by atoms with Crippen molar-refractivity contribution in [1.82, 2.24) is 5.32 Å². The zero-order chi connectivity index (χ0) is 13.4. The van der Waals surface area contributed by atoms with Crippen molar-refractivity contribution in [2.75, 3.05) is 6.54 Å². The van der Waals surface area contributed by atoms with E-state index in [1.165, 1.54) is 6.42 Å². The molecule has 5 fully saturated rings. The van der Waals surface area contributed by atoms with Crippen LogP contribution in [0.2, 0.25) is 0 Å². The van der Waals surface area contributed by atoms with Gasteiger partial charge in [-0.15, -0.1) is 0 Å². The van der Waals surface area contributed by atoms with Gasteiger partial charge in [0.2, 0.25) is 0 Å². The number of β-amino-alcohol motifs (C(OH)–C–C–N with tert-alkyl or cyclic N) is 1. The Labute approximate surface area is 115 Å². The molecule has 2 N–H and O–H groups in total. The first-order valence-corrected chi connectivity index (χ1v) is 7.66. The van der Waals surface area contributed by atoms with E-state index in [2.05, 4.69) is 26.1 Å². The highest BCUT2D eigenvalue weighted by Crippen LogP contribution is 2.65. The fourth-order valence-corrected chi connectivity index (χ4v) is 5.03. The lowest BCUT2D eigenvalue weighted by atomic mass is 9.43. The van der Waals surface area contributed by atoms with Crippen LogP contribution in [0.1, 0.15) is 40.0 Å². The maximum Gasteiger partial charge on any atom is 0.475 e. The molecule has 5 aliphatic rings. The highest BCUT2D eigenvalue weighted by Gasteiger charge is 2.68. The lowest BCUT2D eigenvalue weighted by molar-refractivity contribution is -0.199. The molecule has 0 radical (unpaired) electrons. The molecule has 0 aromatic heterocycles. The number of nitrogens with one attached hydrogen (secondary N) is 1. The second-order valence-electron chi connectivity index (χ2n) is 7.74. The smallest absolute Gasteiger partial charge is 0.404 e. The van der Waals surface area contributed by atoms with E-state index < -0.39 is 0 Å². The summed E-state index contributed by atoms with van der Waals surface area (Å²) in [7, 11) is -0.178. The summed E-state index contributed by atoms with van der Waals surface area (Å²) < 4.78 is 12.6. The van der Waals surface area contributed by atoms with Crippen LogP contribution in [-0.2, 0) is 9.31 Å². The van der Waals surface area contributed by atoms with Crippen LogP contribution in [0.3, 0.4) is 0 Å². The summed E-state index contributed by atoms with van der Waals surface area (Å²) in [6.45, 7) is 7.65. The van der Waals surface area contributed by atoms with Gasteiger partial charge in [0, 0.05) is 12.5 Å². The molecule has 2 saturated heterocycles. The Morgan fingerprint density at radius 1 is 1.21 bits per heavy atom. The predicted octanol–water partition coefficient (Wildman–Crippen LogP) is 0.977. The fraction of sp³-hybridized carbons (Fsp3) is 1.00. The first-order chi connectivity index (χ1) is 8.91. The van der Waals surface area contributed by atoms with Gasteiger partial charge in [0.25, 0.3) is 0 Å². The average Bonchev–Trinajstić information content (AvgIpc) is 2.90. The Kier molecular flexibility index (Phi) is 2.50. The second-order valence-corrected chi connectivity index (χ2v) is 7.74. The Morgan fingerprint density at radius 3 is 2.63 bits per heavy atom. The van der Waals surface area contributed by atoms with Gasteiger partial charge in [-0.25, -0.2) is 0 Å². The minimum atomic E-state index is -0.252. The molecule has 6 atom stereocenters. The first-order valence-electron chi connectivity index (χ1n) is 7.66. The molecular formula is C14H24BNO3. The van der Waals surface area contributed by atoms with Crippen molar-refractivity contribution in [3.05, 3.63) is 0 Å². The summed E-state index contributed by atoms with van der Waals surface area (Å²) in [4.78, 5) is 0. The topological polar surface area (TPSA) is 50.7 Å². The van der Waals surface area contributed by atoms with Gasteiger partial charge in [-0.1, -0.05) is 13.8 Å². The zero-order valence-electron chi connectivity index (χ0n) is 12.1. The summed E-state index contributed by atoms with van der Waals surface area (Å²) in [5.74, 6) is 1.55. The van der Waals surface area contributed by atoms with E-state index in [-0.39, 0.29) is 30.9 Å². The van der Waals surface area contributed by atoms with Gasteiger partial charge in [-0.05, 0) is 43.4 Å². The van der Waals surface area contributed by atoms with E-state index in [4.69, 9.17) is 9.31 Å². The third-order valence-corrected chi connectivity index (χ3v) is 6.44. The van der Waals surface area contributed by atoms with Crippen LogP contribution in [0, 0.1) is 17.3 Å². The van der Waals surface area contributed by atoms with Crippen LogP contribution < -0.4 is 5.32 Å². The number of hydrogen-bond donors (Lipinski definition) is 2. The molecule has 0 amide bonds. The minimum Gasteiger partial charge on any atom is -0.404 e. The van der Waals surface area contributed by atoms with Gasteiger partial charge in [0.05, 0.1) is 17.8 Å². The zero-order valence-corrected chi connectivity index (χ0v) is 12.1. The number of hydrogen-bond acceptors (Lipinski definition) is 4. The van der Waals surface area contributed by atoms with Crippen LogP contribution in [0.25, 0.3) is 0 Å². The van der Waals surface area contributed by atoms with Crippen molar-refractivity contribution in [3.8, 4) is 0 Å². The lowest BCUT2D eigenvalue weighted by Gasteiger charge is -2.64. The largest absolute Gasteiger partial charge is 0.475 e. The van der Waals surface area contributed by atoms with Gasteiger partial charge in [-0.3, -0.25) is 0 Å². The molecule has 3 saturated carbocycles. The van der Waals surface area contributed by atoms with Gasteiger partial charge in [-0.2, -0.15) is 0 Å². The molecule has 2 bridgehead atoms. The Morgan fingerprint density at radius 2 is 2.00 bits per heavy atom. The van der Waals surface area contributed by atoms with Crippen molar-refractivity contribution >= 4 is 7.12 Å². The van der Waals surface area contributed by atoms with E-state index in [1.807, 2.05) is 0 Å². The monoisotopic (exact) mass is 265 g/mol. The SMILES string of the molecule is CC1(C)C2CC3OB([C@@H]4C[C@@H](O)CN4)O[C@@]3(C)C1C2. The number of rotatable bonds is 1. The highest BCUT2D eigenvalue weighted by atomic mass is 16.7. The van der Waals surface area contributed by atoms with Crippen molar-refractivity contribution in [3.63, 3.8) is 0 Å². The van der Waals surface area contributed by atoms with E-state index in [0.29, 0.717) is 17.9 Å². The fourth-order valence-electron chi connectivity index (χ4n) is 5.03. The van der Waals surface area contributed by atoms with Crippen molar-refractivity contribution in [2.24, 2.45) is 17.3 Å². The van der Waals surface area contributed by atoms with Crippen LogP contribution in [0.5, 0.6) is 0 Å². The molecule has 2 heterocycles. The third kappa shape index (κ3) is 1.56. The average molecular weight is 265 g/mol. The molecule has 0 aromatic carbocycles. The molecule has 19 heavy (non-hydrogen) atoms. The van der Waals surface area contributed by atoms with E-state index >= 15 is 0 Å². The molecule has 5 rings (SSSR count). The standard InChI is InChI=1S/C14H24BNO3/c1-13(2)8-4-10(13)14(3)11(5-8)18-15(19-14)12-6-9(17)7-16-12/h8-12,16-17H,4-7H2,1-3H3/t8?,9-,10?,11?,12+,14+/m1/s1. The molecule has 5 heteroatoms. The van der Waals surface area contributed by atoms with E-state index in [9.17, 15) is 5.11 Å². The van der Waals surface area contributed by atoms with Crippen LogP contribution in [0.15, 0.2) is 0 Å². The summed E-state index contributed by atoms with van der Waals surface area (Å²) >= 11 is 0. The van der Waals surface area contributed by atoms with Gasteiger partial charge in [0.1, 0.15) is 0 Å². The van der Waals surface area contributed by atoms with Gasteiger partial charge >= 0.3 is 7.12 Å². The molecular weight excluding hydrogens is 241 g/mol. The molecule has 106 valence electrons. The Hall–Kier alpha value is -0.0951. The van der Waals surface area contributed by atoms with Crippen LogP contribution in [0.4, 0.5) is 0 Å². The number of aliphatic hydroxyl groups excluding tert-OH is 1. The summed E-state index contributed by atoms with van der Waals surface area (Å²) in [5, 5.41) is 13.0. The Balaban J connectivity index is 1.54. The molecule has 2 aliphatic heterocycles. The lowest BCUT2D eigenvalue weighted by Crippen LogP contribution is -2.65. The summed E-state index contributed by atoms with van der Waals surface area (Å²) in [6, 6.07) is 0. The normalized spacial score (nSPS) is 54.9. The quantitative estimate of drug-likeness (QED) is 0.694. The predicted molar refractivity (Wildman–Crippen MR) is 72.5 cm³/mol. The van der Waals surface area contributed by atoms with Crippen LogP contribution >= 0.6 is 0 Å². The van der Waals surface area contributed by atoms with E-state index in [0.717, 1.165) is 18.8 Å². The summed E-state index contributed by atoms with van der Waals surface area (Å²) in [5.41, 5.74) is 0.268. The Bertz CT molecular complexity index is 404. The van der Waals surface area contributed by atoms with Crippen molar-refractivity contribution in [2.45, 2.75) is 63.8 Å². The summed E-state index contributed by atoms with van der Waals surface area (Å²) in [6.07, 6.45) is 3.15. The van der Waals surface area contributed by atoms with Gasteiger partial charge in [0.15, 0.2) is 0 Å².